The summed E-state index contributed by atoms with van der Waals surface area (Å²) >= 11 is 0. The van der Waals surface area contributed by atoms with Crippen LogP contribution >= 0.6 is 0 Å². The molecule has 6 nitrogen and oxygen atoms in total. The fourth-order valence-electron chi connectivity index (χ4n) is 1.36. The van der Waals surface area contributed by atoms with Crippen molar-refractivity contribution in [2.75, 3.05) is 0 Å². The minimum absolute atomic E-state index is 0.0796. The van der Waals surface area contributed by atoms with Crippen molar-refractivity contribution in [1.29, 1.82) is 0 Å². The number of benzene rings is 1. The Balaban J connectivity index is 2.61. The van der Waals surface area contributed by atoms with E-state index in [4.69, 9.17) is 15.3 Å². The number of carboxylic acid groups (broad SMARTS) is 1. The average Bonchev–Trinajstić information content (AvgIpc) is 2.59. The van der Waals surface area contributed by atoms with E-state index in [1.54, 1.807) is 0 Å². The van der Waals surface area contributed by atoms with Crippen molar-refractivity contribution < 1.29 is 20.1 Å². The van der Waals surface area contributed by atoms with Crippen LogP contribution in [0.1, 0.15) is 22.3 Å². The molecule has 0 unspecified atom stereocenters. The molecule has 0 aliphatic carbocycles. The number of fused-ring (bicyclic) bond motifs is 1. The van der Waals surface area contributed by atoms with Gasteiger partial charge in [0.2, 0.25) is 0 Å². The second kappa shape index (κ2) is 3.34. The van der Waals surface area contributed by atoms with Crippen LogP contribution in [0.5, 0.6) is 0 Å². The maximum Gasteiger partial charge on any atom is 0.357 e. The van der Waals surface area contributed by atoms with Gasteiger partial charge in [0.25, 0.3) is 0 Å². The van der Waals surface area contributed by atoms with Crippen LogP contribution in [0.4, 0.5) is 0 Å². The lowest BCUT2D eigenvalue weighted by Gasteiger charge is -2.02. The summed E-state index contributed by atoms with van der Waals surface area (Å²) in [6.45, 7) is 0. The molecule has 1 aromatic heterocycles. The number of H-pyrrole nitrogens is 1. The predicted octanol–water partition coefficient (Wildman–Crippen LogP) is 0.244. The molecule has 0 amide bonds. The number of nitrogens with one attached hydrogen (secondary N) is 1. The van der Waals surface area contributed by atoms with Crippen LogP contribution in [-0.4, -0.2) is 31.5 Å². The third-order valence-electron chi connectivity index (χ3n) is 2.09. The van der Waals surface area contributed by atoms with E-state index in [0.717, 1.165) is 0 Å². The number of hydrogen-bond donors (Lipinski definition) is 4. The van der Waals surface area contributed by atoms with Crippen LogP contribution < -0.4 is 0 Å². The molecule has 6 heteroatoms. The van der Waals surface area contributed by atoms with Gasteiger partial charge in [0.05, 0.1) is 5.52 Å². The molecule has 78 valence electrons. The number of rotatable bonds is 2. The van der Waals surface area contributed by atoms with Crippen molar-refractivity contribution in [1.82, 2.24) is 10.2 Å². The maximum atomic E-state index is 10.7. The van der Waals surface area contributed by atoms with Gasteiger partial charge in [0, 0.05) is 10.9 Å². The molecule has 2 aromatic rings. The lowest BCUT2D eigenvalue weighted by Crippen LogP contribution is -1.97. The van der Waals surface area contributed by atoms with E-state index >= 15 is 0 Å². The molecule has 0 atom stereocenters. The Morgan fingerprint density at radius 2 is 2.13 bits per heavy atom. The largest absolute Gasteiger partial charge is 0.476 e. The normalized spacial score (nSPS) is 11.1. The highest BCUT2D eigenvalue weighted by Crippen LogP contribution is 2.20. The van der Waals surface area contributed by atoms with E-state index < -0.39 is 12.3 Å². The minimum Gasteiger partial charge on any atom is -0.476 e. The molecule has 0 saturated carbocycles. The van der Waals surface area contributed by atoms with E-state index in [-0.39, 0.29) is 11.3 Å². The number of nitrogens with zero attached hydrogens (tertiary/aromatic N) is 1. The summed E-state index contributed by atoms with van der Waals surface area (Å²) in [6.07, 6.45) is -1.58. The number of carbonyl (C=O) groups is 1. The Hall–Kier alpha value is -1.92. The van der Waals surface area contributed by atoms with Gasteiger partial charge in [0.15, 0.2) is 12.0 Å². The van der Waals surface area contributed by atoms with Crippen LogP contribution in [0.2, 0.25) is 0 Å². The molecule has 0 fully saturated rings. The first-order valence-corrected chi connectivity index (χ1v) is 4.17. The van der Waals surface area contributed by atoms with Crippen molar-refractivity contribution in [3.05, 3.63) is 29.5 Å². The monoisotopic (exact) mass is 208 g/mol. The van der Waals surface area contributed by atoms with E-state index in [0.29, 0.717) is 10.9 Å². The maximum absolute atomic E-state index is 10.7. The first-order chi connectivity index (χ1) is 7.09. The van der Waals surface area contributed by atoms with Gasteiger partial charge in [-0.25, -0.2) is 4.79 Å². The number of aromatic amines is 1. The number of aromatic carboxylic acids is 1. The zero-order valence-corrected chi connectivity index (χ0v) is 7.51. The fraction of sp³-hybridized carbons (Fsp3) is 0.111. The molecule has 0 bridgehead atoms. The van der Waals surface area contributed by atoms with Gasteiger partial charge in [0.1, 0.15) is 0 Å². The Morgan fingerprint density at radius 1 is 1.40 bits per heavy atom. The SMILES string of the molecule is O=C(O)c1n[nH]c2cc(C(O)O)ccc12. The first-order valence-electron chi connectivity index (χ1n) is 4.17. The van der Waals surface area contributed by atoms with Crippen LogP contribution in [0.15, 0.2) is 18.2 Å². The standard InChI is InChI=1S/C9H8N2O4/c12-8(13)4-1-2-5-6(3-4)10-11-7(5)9(14)15/h1-3,8,12-13H,(H,10,11)(H,14,15). The molecule has 4 N–H and O–H groups in total. The zero-order chi connectivity index (χ0) is 11.0. The molecule has 0 saturated heterocycles. The van der Waals surface area contributed by atoms with Crippen LogP contribution in [0.3, 0.4) is 0 Å². The number of hydrogen-bond acceptors (Lipinski definition) is 4. The highest BCUT2D eigenvalue weighted by atomic mass is 16.5. The highest BCUT2D eigenvalue weighted by molar-refractivity contribution is 6.00. The lowest BCUT2D eigenvalue weighted by molar-refractivity contribution is -0.0424. The zero-order valence-electron chi connectivity index (χ0n) is 7.51. The van der Waals surface area contributed by atoms with E-state index in [1.165, 1.54) is 18.2 Å². The van der Waals surface area contributed by atoms with Crippen LogP contribution in [0.25, 0.3) is 10.9 Å². The average molecular weight is 208 g/mol. The van der Waals surface area contributed by atoms with Crippen molar-refractivity contribution in [2.45, 2.75) is 6.29 Å². The van der Waals surface area contributed by atoms with Crippen LogP contribution in [0, 0.1) is 0 Å². The van der Waals surface area contributed by atoms with Gasteiger partial charge >= 0.3 is 5.97 Å². The van der Waals surface area contributed by atoms with Gasteiger partial charge in [-0.3, -0.25) is 5.10 Å². The van der Waals surface area contributed by atoms with Gasteiger partial charge in [-0.05, 0) is 12.1 Å². The number of aliphatic hydroxyl groups excluding tert-OH is 1. The summed E-state index contributed by atoms with van der Waals surface area (Å²) in [4.78, 5) is 10.7. The van der Waals surface area contributed by atoms with Crippen molar-refractivity contribution in [2.24, 2.45) is 0 Å². The molecule has 0 aliphatic rings. The topological polar surface area (TPSA) is 106 Å². The summed E-state index contributed by atoms with van der Waals surface area (Å²) in [5.41, 5.74) is 0.657. The molecular formula is C9H8N2O4. The predicted molar refractivity (Wildman–Crippen MR) is 50.2 cm³/mol. The van der Waals surface area contributed by atoms with E-state index in [9.17, 15) is 4.79 Å². The van der Waals surface area contributed by atoms with E-state index in [2.05, 4.69) is 10.2 Å². The van der Waals surface area contributed by atoms with Gasteiger partial charge in [-0.15, -0.1) is 0 Å². The number of aromatic nitrogens is 2. The first kappa shape index (κ1) is 9.63. The molecule has 0 aliphatic heterocycles. The Kier molecular flexibility index (Phi) is 2.14. The van der Waals surface area contributed by atoms with E-state index in [1.807, 2.05) is 0 Å². The molecule has 2 rings (SSSR count). The third kappa shape index (κ3) is 1.56. The number of aliphatic hydroxyl groups is 2. The summed E-state index contributed by atoms with van der Waals surface area (Å²) in [5, 5.41) is 33.1. The number of carboxylic acids is 1. The van der Waals surface area contributed by atoms with Gasteiger partial charge in [-0.2, -0.15) is 5.10 Å². The molecule has 1 aromatic carbocycles. The Labute approximate surface area is 83.8 Å². The molecule has 15 heavy (non-hydrogen) atoms. The third-order valence-corrected chi connectivity index (χ3v) is 2.09. The minimum atomic E-state index is -1.58. The van der Waals surface area contributed by atoms with Crippen molar-refractivity contribution in [3.63, 3.8) is 0 Å². The second-order valence-electron chi connectivity index (χ2n) is 3.06. The van der Waals surface area contributed by atoms with Crippen LogP contribution in [-0.2, 0) is 0 Å². The molecule has 0 spiro atoms. The van der Waals surface area contributed by atoms with Gasteiger partial charge in [-0.1, -0.05) is 6.07 Å². The second-order valence-corrected chi connectivity index (χ2v) is 3.06. The molecular weight excluding hydrogens is 200 g/mol. The molecule has 0 radical (unpaired) electrons. The van der Waals surface area contributed by atoms with Gasteiger partial charge < -0.3 is 15.3 Å². The van der Waals surface area contributed by atoms with Crippen molar-refractivity contribution in [3.8, 4) is 0 Å². The summed E-state index contributed by atoms with van der Waals surface area (Å²) in [5.74, 6) is -1.13. The van der Waals surface area contributed by atoms with Crippen molar-refractivity contribution >= 4 is 16.9 Å². The molecule has 1 heterocycles. The smallest absolute Gasteiger partial charge is 0.357 e. The Bertz CT molecular complexity index is 518. The quantitative estimate of drug-likeness (QED) is 0.529. The summed E-state index contributed by atoms with van der Waals surface area (Å²) < 4.78 is 0. The lowest BCUT2D eigenvalue weighted by atomic mass is 10.1. The summed E-state index contributed by atoms with van der Waals surface area (Å²) in [7, 11) is 0. The fourth-order valence-corrected chi connectivity index (χ4v) is 1.36. The highest BCUT2D eigenvalue weighted by Gasteiger charge is 2.13. The Morgan fingerprint density at radius 3 is 2.73 bits per heavy atom. The summed E-state index contributed by atoms with van der Waals surface area (Å²) in [6, 6.07) is 4.37.